The molecule has 0 aliphatic carbocycles. The van der Waals surface area contributed by atoms with E-state index in [1.807, 2.05) is 18.8 Å². The second-order valence-electron chi connectivity index (χ2n) is 7.44. The van der Waals surface area contributed by atoms with E-state index in [2.05, 4.69) is 6.58 Å². The van der Waals surface area contributed by atoms with Crippen molar-refractivity contribution in [2.45, 2.75) is 70.5 Å². The van der Waals surface area contributed by atoms with Gasteiger partial charge in [0.15, 0.2) is 12.3 Å². The molecule has 1 saturated heterocycles. The largest absolute Gasteiger partial charge is 0.455 e. The van der Waals surface area contributed by atoms with Crippen molar-refractivity contribution in [2.24, 2.45) is 0 Å². The van der Waals surface area contributed by atoms with Crippen LogP contribution >= 0.6 is 0 Å². The number of unbranched alkanes of at least 4 members (excludes halogenated alkanes) is 2. The first-order valence-corrected chi connectivity index (χ1v) is 10.5. The molecule has 31 heavy (non-hydrogen) atoms. The number of carbonyl (C=O) groups is 1. The Bertz CT molecular complexity index is 868. The first kappa shape index (κ1) is 25.0. The fraction of sp³-hybridized carbons (Fsp3) is 0.667. The van der Waals surface area contributed by atoms with Gasteiger partial charge in [0.1, 0.15) is 11.7 Å². The minimum absolute atomic E-state index is 0.0299. The Kier molecular flexibility index (Phi) is 9.15. The zero-order valence-corrected chi connectivity index (χ0v) is 18.2. The molecule has 9 nitrogen and oxygen atoms in total. The van der Waals surface area contributed by atoms with Crippen LogP contribution in [0.4, 0.5) is 4.39 Å². The summed E-state index contributed by atoms with van der Waals surface area (Å²) in [6, 6.07) is 0. The average molecular weight is 442 g/mol. The molecule has 4 atom stereocenters. The maximum Gasteiger partial charge on any atom is 0.330 e. The van der Waals surface area contributed by atoms with Gasteiger partial charge in [-0.15, -0.1) is 6.58 Å². The SMILES string of the molecule is C=C[C@]1(COCCCC)O[C@@H](n2cc(F)c(=O)[nH]c2=O)[C@H](OC(C)=O)[C@@H]1OCCCC. The summed E-state index contributed by atoms with van der Waals surface area (Å²) in [5.74, 6) is -1.81. The van der Waals surface area contributed by atoms with E-state index in [4.69, 9.17) is 18.9 Å². The maximum absolute atomic E-state index is 14.0. The molecule has 0 unspecified atom stereocenters. The molecule has 0 bridgehead atoms. The van der Waals surface area contributed by atoms with Crippen molar-refractivity contribution in [1.29, 1.82) is 0 Å². The number of hydrogen-bond acceptors (Lipinski definition) is 7. The zero-order chi connectivity index (χ0) is 23.0. The fourth-order valence-electron chi connectivity index (χ4n) is 3.37. The summed E-state index contributed by atoms with van der Waals surface area (Å²) >= 11 is 0. The third-order valence-electron chi connectivity index (χ3n) is 5.01. The van der Waals surface area contributed by atoms with Gasteiger partial charge in [-0.3, -0.25) is 19.1 Å². The number of aromatic nitrogens is 2. The number of ether oxygens (including phenoxy) is 4. The number of nitrogens with one attached hydrogen (secondary N) is 1. The molecule has 1 fully saturated rings. The van der Waals surface area contributed by atoms with E-state index in [1.54, 1.807) is 0 Å². The monoisotopic (exact) mass is 442 g/mol. The fourth-order valence-corrected chi connectivity index (χ4v) is 3.37. The number of nitrogens with zero attached hydrogens (tertiary/aromatic N) is 1. The highest BCUT2D eigenvalue weighted by Gasteiger charge is 2.57. The molecular formula is C21H31FN2O7. The van der Waals surface area contributed by atoms with Gasteiger partial charge >= 0.3 is 11.7 Å². The second-order valence-corrected chi connectivity index (χ2v) is 7.44. The minimum atomic E-state index is -1.27. The Hall–Kier alpha value is -2.30. The lowest BCUT2D eigenvalue weighted by molar-refractivity contribution is -0.158. The van der Waals surface area contributed by atoms with Gasteiger partial charge in [0, 0.05) is 20.1 Å². The highest BCUT2D eigenvalue weighted by atomic mass is 19.1. The Morgan fingerprint density at radius 3 is 2.61 bits per heavy atom. The number of esters is 1. The smallest absolute Gasteiger partial charge is 0.330 e. The number of rotatable bonds is 12. The van der Waals surface area contributed by atoms with E-state index in [0.717, 1.165) is 36.4 Å². The molecule has 1 aliphatic rings. The van der Waals surface area contributed by atoms with E-state index in [9.17, 15) is 18.8 Å². The number of carbonyl (C=O) groups excluding carboxylic acids is 1. The quantitative estimate of drug-likeness (QED) is 0.300. The standard InChI is InChI=1S/C21H31FN2O7/c1-5-8-10-28-13-21(7-3)17(29-11-9-6-2)16(30-14(4)25)19(31-21)24-12-15(22)18(26)23-20(24)27/h7,12,16-17,19H,3,5-6,8-11,13H2,1-2,4H3,(H,23,26,27)/t16-,17+,19-,21-/m1/s1. The molecule has 0 spiro atoms. The summed E-state index contributed by atoms with van der Waals surface area (Å²) < 4.78 is 38.2. The Morgan fingerprint density at radius 1 is 1.32 bits per heavy atom. The predicted octanol–water partition coefficient (Wildman–Crippen LogP) is 2.06. The van der Waals surface area contributed by atoms with Gasteiger partial charge in [-0.1, -0.05) is 32.8 Å². The van der Waals surface area contributed by atoms with Crippen LogP contribution in [0, 0.1) is 5.82 Å². The predicted molar refractivity (Wildman–Crippen MR) is 110 cm³/mol. The van der Waals surface area contributed by atoms with Crippen molar-refractivity contribution < 1.29 is 28.1 Å². The van der Waals surface area contributed by atoms with Crippen LogP contribution in [0.25, 0.3) is 0 Å². The third kappa shape index (κ3) is 5.90. The van der Waals surface area contributed by atoms with Crippen LogP contribution in [0.15, 0.2) is 28.4 Å². The van der Waals surface area contributed by atoms with Crippen molar-refractivity contribution in [3.63, 3.8) is 0 Å². The van der Waals surface area contributed by atoms with Gasteiger partial charge in [0.05, 0.1) is 12.8 Å². The van der Waals surface area contributed by atoms with Crippen molar-refractivity contribution in [3.8, 4) is 0 Å². The number of H-pyrrole nitrogens is 1. The molecule has 0 saturated carbocycles. The minimum Gasteiger partial charge on any atom is -0.455 e. The summed E-state index contributed by atoms with van der Waals surface area (Å²) in [5, 5.41) is 0. The van der Waals surface area contributed by atoms with Crippen LogP contribution in [-0.2, 0) is 23.7 Å². The molecule has 1 N–H and O–H groups in total. The van der Waals surface area contributed by atoms with Gasteiger partial charge in [-0.25, -0.2) is 4.79 Å². The van der Waals surface area contributed by atoms with Crippen molar-refractivity contribution in [3.05, 3.63) is 45.5 Å². The highest BCUT2D eigenvalue weighted by Crippen LogP contribution is 2.41. The molecule has 10 heteroatoms. The Balaban J connectivity index is 2.49. The third-order valence-corrected chi connectivity index (χ3v) is 5.01. The molecular weight excluding hydrogens is 411 g/mol. The van der Waals surface area contributed by atoms with Crippen LogP contribution in [0.5, 0.6) is 0 Å². The highest BCUT2D eigenvalue weighted by molar-refractivity contribution is 5.66. The maximum atomic E-state index is 14.0. The molecule has 1 aromatic heterocycles. The van der Waals surface area contributed by atoms with E-state index in [1.165, 1.54) is 13.0 Å². The van der Waals surface area contributed by atoms with Gasteiger partial charge in [-0.2, -0.15) is 4.39 Å². The van der Waals surface area contributed by atoms with E-state index in [-0.39, 0.29) is 6.61 Å². The molecule has 2 heterocycles. The second kappa shape index (κ2) is 11.4. The van der Waals surface area contributed by atoms with Gasteiger partial charge in [0.25, 0.3) is 5.56 Å². The molecule has 0 aromatic carbocycles. The van der Waals surface area contributed by atoms with Crippen molar-refractivity contribution in [2.75, 3.05) is 19.8 Å². The number of aromatic amines is 1. The molecule has 1 aromatic rings. The summed E-state index contributed by atoms with van der Waals surface area (Å²) in [6.45, 7) is 9.92. The lowest BCUT2D eigenvalue weighted by Gasteiger charge is -2.32. The summed E-state index contributed by atoms with van der Waals surface area (Å²) in [7, 11) is 0. The molecule has 174 valence electrons. The van der Waals surface area contributed by atoms with Crippen LogP contribution < -0.4 is 11.2 Å². The first-order valence-electron chi connectivity index (χ1n) is 10.5. The zero-order valence-electron chi connectivity index (χ0n) is 18.2. The normalized spacial score (nSPS) is 25.5. The van der Waals surface area contributed by atoms with Crippen molar-refractivity contribution >= 4 is 5.97 Å². The van der Waals surface area contributed by atoms with E-state index < -0.39 is 47.1 Å². The number of hydrogen-bond donors (Lipinski definition) is 1. The van der Waals surface area contributed by atoms with Crippen LogP contribution in [0.2, 0.25) is 0 Å². The Morgan fingerprint density at radius 2 is 2.00 bits per heavy atom. The molecule has 1 aliphatic heterocycles. The van der Waals surface area contributed by atoms with Crippen molar-refractivity contribution in [1.82, 2.24) is 9.55 Å². The average Bonchev–Trinajstić information content (AvgIpc) is 3.01. The van der Waals surface area contributed by atoms with Gasteiger partial charge < -0.3 is 18.9 Å². The summed E-state index contributed by atoms with van der Waals surface area (Å²) in [4.78, 5) is 37.6. The van der Waals surface area contributed by atoms with Crippen LogP contribution in [0.3, 0.4) is 0 Å². The van der Waals surface area contributed by atoms with Crippen LogP contribution in [-0.4, -0.2) is 53.2 Å². The molecule has 0 radical (unpaired) electrons. The van der Waals surface area contributed by atoms with E-state index in [0.29, 0.717) is 13.2 Å². The van der Waals surface area contributed by atoms with Gasteiger partial charge in [-0.05, 0) is 12.8 Å². The lowest BCUT2D eigenvalue weighted by Crippen LogP contribution is -2.48. The van der Waals surface area contributed by atoms with Gasteiger partial charge in [0.2, 0.25) is 5.82 Å². The lowest BCUT2D eigenvalue weighted by atomic mass is 9.95. The summed E-state index contributed by atoms with van der Waals surface area (Å²) in [6.07, 6.45) is 2.35. The Labute approximate surface area is 180 Å². The summed E-state index contributed by atoms with van der Waals surface area (Å²) in [5.41, 5.74) is -3.33. The van der Waals surface area contributed by atoms with E-state index >= 15 is 0 Å². The molecule has 0 amide bonds. The topological polar surface area (TPSA) is 109 Å². The number of halogens is 1. The molecule has 2 rings (SSSR count). The van der Waals surface area contributed by atoms with Crippen LogP contribution in [0.1, 0.15) is 52.7 Å². The first-order chi connectivity index (χ1) is 14.8.